The Balaban J connectivity index is 2.23. The second kappa shape index (κ2) is 5.75. The molecule has 2 heteroatoms. The summed E-state index contributed by atoms with van der Waals surface area (Å²) in [5.74, 6) is 1.96. The van der Waals surface area contributed by atoms with Gasteiger partial charge in [-0.1, -0.05) is 53.5 Å². The third kappa shape index (κ3) is 2.86. The lowest BCUT2D eigenvalue weighted by Gasteiger charge is -2.10. The predicted octanol–water partition coefficient (Wildman–Crippen LogP) is 5.33. The van der Waals surface area contributed by atoms with Crippen molar-refractivity contribution >= 4 is 15.9 Å². The fourth-order valence-electron chi connectivity index (χ4n) is 2.22. The second-order valence-corrected chi connectivity index (χ2v) is 5.64. The Morgan fingerprint density at radius 3 is 2.33 bits per heavy atom. The van der Waals surface area contributed by atoms with E-state index in [9.17, 15) is 0 Å². The van der Waals surface area contributed by atoms with Crippen LogP contribution in [-0.4, -0.2) is 0 Å². The van der Waals surface area contributed by atoms with Crippen molar-refractivity contribution in [1.82, 2.24) is 0 Å². The van der Waals surface area contributed by atoms with Crippen LogP contribution in [0.4, 0.5) is 0 Å². The van der Waals surface area contributed by atoms with Gasteiger partial charge in [0.25, 0.3) is 0 Å². The number of benzene rings is 1. The van der Waals surface area contributed by atoms with Gasteiger partial charge in [0.1, 0.15) is 11.5 Å². The molecule has 0 saturated heterocycles. The van der Waals surface area contributed by atoms with E-state index in [4.69, 9.17) is 4.42 Å². The quantitative estimate of drug-likeness (QED) is 0.696. The summed E-state index contributed by atoms with van der Waals surface area (Å²) in [5.41, 5.74) is 3.90. The first-order chi connectivity index (χ1) is 8.61. The van der Waals surface area contributed by atoms with Crippen LogP contribution in [0.15, 0.2) is 34.7 Å². The Hall–Kier alpha value is -1.02. The minimum Gasteiger partial charge on any atom is -0.466 e. The van der Waals surface area contributed by atoms with Gasteiger partial charge in [0.15, 0.2) is 0 Å². The molecule has 1 heterocycles. The molecule has 0 aliphatic carbocycles. The predicted molar refractivity (Wildman–Crippen MR) is 79.4 cm³/mol. The average Bonchev–Trinajstić information content (AvgIpc) is 2.69. The van der Waals surface area contributed by atoms with Gasteiger partial charge in [-0.15, -0.1) is 0 Å². The lowest BCUT2D eigenvalue weighted by atomic mass is 10.0. The molecule has 0 bridgehead atoms. The van der Waals surface area contributed by atoms with Crippen molar-refractivity contribution in [2.75, 3.05) is 0 Å². The van der Waals surface area contributed by atoms with Crippen molar-refractivity contribution in [3.8, 4) is 0 Å². The SMILES string of the molecule is CCCc1ccc(C(Br)c2cc(C)oc2C)cc1. The first kappa shape index (κ1) is 13.4. The summed E-state index contributed by atoms with van der Waals surface area (Å²) >= 11 is 3.76. The van der Waals surface area contributed by atoms with Gasteiger partial charge in [0.05, 0.1) is 4.83 Å². The zero-order valence-corrected chi connectivity index (χ0v) is 12.8. The smallest absolute Gasteiger partial charge is 0.105 e. The molecule has 18 heavy (non-hydrogen) atoms. The molecule has 0 aliphatic heterocycles. The van der Waals surface area contributed by atoms with Crippen LogP contribution in [-0.2, 0) is 6.42 Å². The van der Waals surface area contributed by atoms with Crippen molar-refractivity contribution in [3.05, 3.63) is 58.5 Å². The number of halogens is 1. The van der Waals surface area contributed by atoms with Gasteiger partial charge in [0, 0.05) is 5.56 Å². The van der Waals surface area contributed by atoms with Gasteiger partial charge >= 0.3 is 0 Å². The van der Waals surface area contributed by atoms with Crippen molar-refractivity contribution in [2.24, 2.45) is 0 Å². The highest BCUT2D eigenvalue weighted by atomic mass is 79.9. The van der Waals surface area contributed by atoms with Gasteiger partial charge < -0.3 is 4.42 Å². The molecule has 96 valence electrons. The number of hydrogen-bond acceptors (Lipinski definition) is 1. The normalized spacial score (nSPS) is 12.7. The molecule has 0 radical (unpaired) electrons. The van der Waals surface area contributed by atoms with E-state index in [0.29, 0.717) is 0 Å². The van der Waals surface area contributed by atoms with Gasteiger partial charge in [-0.05, 0) is 37.5 Å². The molecule has 1 atom stereocenters. The molecule has 0 aliphatic rings. The Kier molecular flexibility index (Phi) is 4.28. The van der Waals surface area contributed by atoms with E-state index < -0.39 is 0 Å². The fraction of sp³-hybridized carbons (Fsp3) is 0.375. The lowest BCUT2D eigenvalue weighted by molar-refractivity contribution is 0.502. The van der Waals surface area contributed by atoms with Gasteiger partial charge in [-0.25, -0.2) is 0 Å². The first-order valence-electron chi connectivity index (χ1n) is 6.41. The highest BCUT2D eigenvalue weighted by molar-refractivity contribution is 9.09. The maximum absolute atomic E-state index is 5.59. The number of furan rings is 1. The molecule has 1 unspecified atom stereocenters. The maximum atomic E-state index is 5.59. The van der Waals surface area contributed by atoms with Crippen LogP contribution in [0.1, 0.15) is 46.4 Å². The highest BCUT2D eigenvalue weighted by Crippen LogP contribution is 2.34. The third-order valence-corrected chi connectivity index (χ3v) is 4.19. The van der Waals surface area contributed by atoms with Crippen LogP contribution in [0.25, 0.3) is 0 Å². The van der Waals surface area contributed by atoms with Crippen molar-refractivity contribution in [2.45, 2.75) is 38.4 Å². The molecular weight excluding hydrogens is 288 g/mol. The second-order valence-electron chi connectivity index (χ2n) is 4.72. The Bertz CT molecular complexity index is 510. The Morgan fingerprint density at radius 2 is 1.83 bits per heavy atom. The van der Waals surface area contributed by atoms with E-state index in [1.807, 2.05) is 13.8 Å². The molecule has 1 aromatic heterocycles. The highest BCUT2D eigenvalue weighted by Gasteiger charge is 2.15. The molecule has 0 spiro atoms. The number of hydrogen-bond donors (Lipinski definition) is 0. The van der Waals surface area contributed by atoms with Gasteiger partial charge in [0.2, 0.25) is 0 Å². The van der Waals surface area contributed by atoms with E-state index in [1.54, 1.807) is 0 Å². The topological polar surface area (TPSA) is 13.1 Å². The molecule has 0 fully saturated rings. The Labute approximate surface area is 117 Å². The van der Waals surface area contributed by atoms with E-state index in [2.05, 4.69) is 53.2 Å². The fourth-order valence-corrected chi connectivity index (χ4v) is 2.98. The van der Waals surface area contributed by atoms with Crippen molar-refractivity contribution in [1.29, 1.82) is 0 Å². The summed E-state index contributed by atoms with van der Waals surface area (Å²) in [7, 11) is 0. The summed E-state index contributed by atoms with van der Waals surface area (Å²) in [6.07, 6.45) is 2.34. The molecule has 1 nitrogen and oxygen atoms in total. The molecule has 0 amide bonds. The van der Waals surface area contributed by atoms with Crippen LogP contribution >= 0.6 is 15.9 Å². The standard InChI is InChI=1S/C16H19BrO/c1-4-5-13-6-8-14(9-7-13)16(17)15-10-11(2)18-12(15)3/h6-10,16H,4-5H2,1-3H3. The van der Waals surface area contributed by atoms with Crippen LogP contribution in [0.3, 0.4) is 0 Å². The number of alkyl halides is 1. The monoisotopic (exact) mass is 306 g/mol. The van der Waals surface area contributed by atoms with Crippen LogP contribution in [0.5, 0.6) is 0 Å². The van der Waals surface area contributed by atoms with Crippen molar-refractivity contribution < 1.29 is 4.42 Å². The lowest BCUT2D eigenvalue weighted by Crippen LogP contribution is -1.93. The summed E-state index contributed by atoms with van der Waals surface area (Å²) in [5, 5.41) is 0. The van der Waals surface area contributed by atoms with Crippen molar-refractivity contribution in [3.63, 3.8) is 0 Å². The molecule has 1 aromatic carbocycles. The van der Waals surface area contributed by atoms with Crippen LogP contribution < -0.4 is 0 Å². The van der Waals surface area contributed by atoms with Crippen LogP contribution in [0, 0.1) is 13.8 Å². The van der Waals surface area contributed by atoms with E-state index in [-0.39, 0.29) is 4.83 Å². The average molecular weight is 307 g/mol. The van der Waals surface area contributed by atoms with E-state index in [1.165, 1.54) is 23.1 Å². The zero-order chi connectivity index (χ0) is 13.1. The third-order valence-electron chi connectivity index (χ3n) is 3.16. The minimum atomic E-state index is 0.214. The Morgan fingerprint density at radius 1 is 1.17 bits per heavy atom. The first-order valence-corrected chi connectivity index (χ1v) is 7.33. The summed E-state index contributed by atoms with van der Waals surface area (Å²) < 4.78 is 5.59. The molecular formula is C16H19BrO. The maximum Gasteiger partial charge on any atom is 0.105 e. The van der Waals surface area contributed by atoms with Gasteiger partial charge in [-0.2, -0.15) is 0 Å². The zero-order valence-electron chi connectivity index (χ0n) is 11.2. The number of aryl methyl sites for hydroxylation is 3. The van der Waals surface area contributed by atoms with E-state index in [0.717, 1.165) is 17.9 Å². The van der Waals surface area contributed by atoms with Gasteiger partial charge in [-0.3, -0.25) is 0 Å². The molecule has 0 saturated carbocycles. The summed E-state index contributed by atoms with van der Waals surface area (Å²) in [4.78, 5) is 0.214. The molecule has 0 N–H and O–H groups in total. The van der Waals surface area contributed by atoms with Crippen LogP contribution in [0.2, 0.25) is 0 Å². The molecule has 2 aromatic rings. The molecule has 2 rings (SSSR count). The summed E-state index contributed by atoms with van der Waals surface area (Å²) in [6.45, 7) is 6.21. The summed E-state index contributed by atoms with van der Waals surface area (Å²) in [6, 6.07) is 10.9. The van der Waals surface area contributed by atoms with E-state index >= 15 is 0 Å². The minimum absolute atomic E-state index is 0.214. The number of rotatable bonds is 4. The largest absolute Gasteiger partial charge is 0.466 e.